The van der Waals surface area contributed by atoms with E-state index in [0.717, 1.165) is 26.2 Å². The molecule has 2 fully saturated rings. The van der Waals surface area contributed by atoms with Crippen LogP contribution in [-0.2, 0) is 10.0 Å². The van der Waals surface area contributed by atoms with E-state index in [2.05, 4.69) is 15.2 Å². The fourth-order valence-electron chi connectivity index (χ4n) is 2.71. The van der Waals surface area contributed by atoms with Crippen LogP contribution in [0.25, 0.3) is 0 Å². The zero-order chi connectivity index (χ0) is 14.9. The van der Waals surface area contributed by atoms with E-state index in [1.165, 1.54) is 16.6 Å². The summed E-state index contributed by atoms with van der Waals surface area (Å²) in [7, 11) is -3.61. The van der Waals surface area contributed by atoms with Crippen LogP contribution in [-0.4, -0.2) is 67.9 Å². The standard InChI is InChI=1S/C13H17N5O2S/c14-8-12-13(2-1-3-16-12)21(19,20)18-9-11(10-18)17-6-4-15-5-7-17/h1-3,11,15H,4-7,9-10H2. The average Bonchev–Trinajstić information content (AvgIpc) is 2.46. The maximum Gasteiger partial charge on any atom is 0.246 e. The van der Waals surface area contributed by atoms with Gasteiger partial charge in [0.2, 0.25) is 10.0 Å². The highest BCUT2D eigenvalue weighted by atomic mass is 32.2. The van der Waals surface area contributed by atoms with Crippen LogP contribution in [0.1, 0.15) is 5.69 Å². The normalized spacial score (nSPS) is 21.7. The first-order valence-electron chi connectivity index (χ1n) is 6.93. The second-order valence-corrected chi connectivity index (χ2v) is 7.13. The van der Waals surface area contributed by atoms with Gasteiger partial charge in [0.1, 0.15) is 11.0 Å². The second kappa shape index (κ2) is 5.69. The molecule has 0 atom stereocenters. The van der Waals surface area contributed by atoms with Crippen LogP contribution in [0, 0.1) is 11.3 Å². The lowest BCUT2D eigenvalue weighted by atomic mass is 10.1. The summed E-state index contributed by atoms with van der Waals surface area (Å²) in [6, 6.07) is 5.11. The van der Waals surface area contributed by atoms with E-state index in [1.807, 2.05) is 6.07 Å². The molecule has 0 radical (unpaired) electrons. The van der Waals surface area contributed by atoms with Crippen LogP contribution in [0.5, 0.6) is 0 Å². The molecule has 1 N–H and O–H groups in total. The second-order valence-electron chi connectivity index (χ2n) is 5.22. The highest BCUT2D eigenvalue weighted by molar-refractivity contribution is 7.89. The molecule has 0 unspecified atom stereocenters. The van der Waals surface area contributed by atoms with Gasteiger partial charge in [-0.1, -0.05) is 0 Å². The van der Waals surface area contributed by atoms with Crippen LogP contribution in [0.4, 0.5) is 0 Å². The molecule has 2 aliphatic rings. The average molecular weight is 307 g/mol. The van der Waals surface area contributed by atoms with E-state index in [0.29, 0.717) is 13.1 Å². The number of aromatic nitrogens is 1. The molecular formula is C13H17N5O2S. The smallest absolute Gasteiger partial charge is 0.246 e. The lowest BCUT2D eigenvalue weighted by Crippen LogP contribution is -2.63. The first-order valence-corrected chi connectivity index (χ1v) is 8.37. The molecule has 112 valence electrons. The summed E-state index contributed by atoms with van der Waals surface area (Å²) in [5, 5.41) is 12.3. The third-order valence-corrected chi connectivity index (χ3v) is 5.85. The Morgan fingerprint density at radius 1 is 1.33 bits per heavy atom. The summed E-state index contributed by atoms with van der Waals surface area (Å²) in [4.78, 5) is 6.15. The zero-order valence-corrected chi connectivity index (χ0v) is 12.4. The van der Waals surface area contributed by atoms with Gasteiger partial charge in [-0.25, -0.2) is 13.4 Å². The van der Waals surface area contributed by atoms with Crippen LogP contribution in [0.3, 0.4) is 0 Å². The van der Waals surface area contributed by atoms with Gasteiger partial charge in [0.25, 0.3) is 0 Å². The van der Waals surface area contributed by atoms with Crippen molar-refractivity contribution in [3.63, 3.8) is 0 Å². The van der Waals surface area contributed by atoms with E-state index in [-0.39, 0.29) is 16.6 Å². The highest BCUT2D eigenvalue weighted by Crippen LogP contribution is 2.25. The molecule has 0 aromatic carbocycles. The Hall–Kier alpha value is -1.53. The van der Waals surface area contributed by atoms with E-state index in [1.54, 1.807) is 6.07 Å². The van der Waals surface area contributed by atoms with Gasteiger partial charge in [0.05, 0.1) is 0 Å². The summed E-state index contributed by atoms with van der Waals surface area (Å²) >= 11 is 0. The molecule has 8 heteroatoms. The molecule has 1 aromatic rings. The number of nitrogens with one attached hydrogen (secondary N) is 1. The Kier molecular flexibility index (Phi) is 3.91. The van der Waals surface area contributed by atoms with Crippen LogP contribution < -0.4 is 5.32 Å². The van der Waals surface area contributed by atoms with E-state index < -0.39 is 10.0 Å². The number of hydrogen-bond donors (Lipinski definition) is 1. The lowest BCUT2D eigenvalue weighted by molar-refractivity contribution is 0.0773. The molecule has 21 heavy (non-hydrogen) atoms. The topological polar surface area (TPSA) is 89.3 Å². The van der Waals surface area contributed by atoms with Crippen molar-refractivity contribution in [3.05, 3.63) is 24.0 Å². The van der Waals surface area contributed by atoms with Crippen molar-refractivity contribution in [2.24, 2.45) is 0 Å². The number of sulfonamides is 1. The van der Waals surface area contributed by atoms with Crippen molar-refractivity contribution in [1.29, 1.82) is 5.26 Å². The Balaban J connectivity index is 1.72. The van der Waals surface area contributed by atoms with Gasteiger partial charge >= 0.3 is 0 Å². The summed E-state index contributed by atoms with van der Waals surface area (Å²) in [5.74, 6) is 0. The number of pyridine rings is 1. The third kappa shape index (κ3) is 2.65. The van der Waals surface area contributed by atoms with Gasteiger partial charge in [0.15, 0.2) is 5.69 Å². The van der Waals surface area contributed by atoms with Gasteiger partial charge in [-0.05, 0) is 12.1 Å². The lowest BCUT2D eigenvalue weighted by Gasteiger charge is -2.45. The SMILES string of the molecule is N#Cc1ncccc1S(=O)(=O)N1CC(N2CCNCC2)C1. The summed E-state index contributed by atoms with van der Waals surface area (Å²) in [5.41, 5.74) is -0.0388. The van der Waals surface area contributed by atoms with Crippen molar-refractivity contribution >= 4 is 10.0 Å². The molecule has 3 heterocycles. The first-order chi connectivity index (χ1) is 10.1. The Morgan fingerprint density at radius 3 is 2.71 bits per heavy atom. The van der Waals surface area contributed by atoms with Gasteiger partial charge in [-0.3, -0.25) is 4.90 Å². The predicted molar refractivity (Wildman–Crippen MR) is 75.9 cm³/mol. The van der Waals surface area contributed by atoms with Crippen molar-refractivity contribution in [1.82, 2.24) is 19.5 Å². The minimum Gasteiger partial charge on any atom is -0.314 e. The van der Waals surface area contributed by atoms with E-state index >= 15 is 0 Å². The van der Waals surface area contributed by atoms with Gasteiger partial charge in [-0.15, -0.1) is 0 Å². The minimum atomic E-state index is -3.61. The van der Waals surface area contributed by atoms with Crippen LogP contribution in [0.2, 0.25) is 0 Å². The van der Waals surface area contributed by atoms with Gasteiger partial charge in [-0.2, -0.15) is 9.57 Å². The van der Waals surface area contributed by atoms with Gasteiger partial charge in [0, 0.05) is 51.5 Å². The summed E-state index contributed by atoms with van der Waals surface area (Å²) < 4.78 is 26.5. The molecule has 7 nitrogen and oxygen atoms in total. The molecular weight excluding hydrogens is 290 g/mol. The quantitative estimate of drug-likeness (QED) is 0.789. The fraction of sp³-hybridized carbons (Fsp3) is 0.538. The molecule has 2 aliphatic heterocycles. The Labute approximate surface area is 124 Å². The fourth-order valence-corrected chi connectivity index (χ4v) is 4.32. The Bertz CT molecular complexity index is 657. The molecule has 2 saturated heterocycles. The maximum absolute atomic E-state index is 12.5. The predicted octanol–water partition coefficient (Wildman–Crippen LogP) is -0.769. The molecule has 0 saturated carbocycles. The van der Waals surface area contributed by atoms with Crippen molar-refractivity contribution in [2.45, 2.75) is 10.9 Å². The minimum absolute atomic E-state index is 0.00580. The molecule has 0 aliphatic carbocycles. The monoisotopic (exact) mass is 307 g/mol. The number of nitriles is 1. The third-order valence-electron chi connectivity index (χ3n) is 3.99. The van der Waals surface area contributed by atoms with Gasteiger partial charge < -0.3 is 5.32 Å². The molecule has 1 aromatic heterocycles. The van der Waals surface area contributed by atoms with Crippen molar-refractivity contribution < 1.29 is 8.42 Å². The Morgan fingerprint density at radius 2 is 2.05 bits per heavy atom. The summed E-state index contributed by atoms with van der Waals surface area (Å²) in [6.07, 6.45) is 1.43. The number of rotatable bonds is 3. The first kappa shape index (κ1) is 14.4. The number of hydrogen-bond acceptors (Lipinski definition) is 6. The van der Waals surface area contributed by atoms with Crippen molar-refractivity contribution in [2.75, 3.05) is 39.3 Å². The van der Waals surface area contributed by atoms with Crippen LogP contribution in [0.15, 0.2) is 23.2 Å². The molecule has 0 bridgehead atoms. The number of nitrogens with zero attached hydrogens (tertiary/aromatic N) is 4. The largest absolute Gasteiger partial charge is 0.314 e. The van der Waals surface area contributed by atoms with E-state index in [4.69, 9.17) is 5.26 Å². The summed E-state index contributed by atoms with van der Waals surface area (Å²) in [6.45, 7) is 4.78. The van der Waals surface area contributed by atoms with Crippen LogP contribution >= 0.6 is 0 Å². The zero-order valence-electron chi connectivity index (χ0n) is 11.6. The molecule has 0 spiro atoms. The maximum atomic E-state index is 12.5. The highest BCUT2D eigenvalue weighted by Gasteiger charge is 2.40. The molecule has 0 amide bonds. The number of piperazine rings is 1. The van der Waals surface area contributed by atoms with Crippen molar-refractivity contribution in [3.8, 4) is 6.07 Å². The van der Waals surface area contributed by atoms with E-state index in [9.17, 15) is 8.42 Å². The molecule has 3 rings (SSSR count).